The molecule has 0 spiro atoms. The van der Waals surface area contributed by atoms with Crippen LogP contribution < -0.4 is 61.0 Å². The average Bonchev–Trinajstić information content (AvgIpc) is 3.63. The molecule has 1 aliphatic heterocycles. The lowest BCUT2D eigenvalue weighted by Gasteiger charge is -2.29. The number of aliphatic carboxylic acids is 1. The zero-order chi connectivity index (χ0) is 44.1. The molecule has 0 bridgehead atoms. The predicted octanol–water partition coefficient (Wildman–Crippen LogP) is -5.76. The Labute approximate surface area is 336 Å². The lowest BCUT2D eigenvalue weighted by Crippen LogP contribution is -2.61. The maximum Gasteiger partial charge on any atom is 0.326 e. The van der Waals surface area contributed by atoms with E-state index in [1.165, 1.54) is 11.8 Å². The van der Waals surface area contributed by atoms with Gasteiger partial charge in [0.05, 0.1) is 12.6 Å². The Bertz CT molecular complexity index is 1500. The zero-order valence-corrected chi connectivity index (χ0v) is 33.3. The molecule has 0 saturated carbocycles. The van der Waals surface area contributed by atoms with Crippen LogP contribution in [0.25, 0.3) is 0 Å². The number of nitrogens with one attached hydrogen (secondary N) is 5. The maximum atomic E-state index is 13.8. The molecule has 7 amide bonds. The summed E-state index contributed by atoms with van der Waals surface area (Å²) in [5.74, 6) is -7.62. The van der Waals surface area contributed by atoms with Crippen LogP contribution in [0.5, 0.6) is 0 Å². The number of carbonyl (C=O) groups is 8. The van der Waals surface area contributed by atoms with Crippen LogP contribution in [0, 0.1) is 5.92 Å². The number of aliphatic hydroxyl groups is 1. The van der Waals surface area contributed by atoms with Crippen LogP contribution in [0.3, 0.4) is 0 Å². The number of likely N-dealkylation sites (tertiary alicyclic amines) is 1. The number of nitrogens with two attached hydrogens (primary N) is 6. The lowest BCUT2D eigenvalue weighted by atomic mass is 10.0. The second-order valence-corrected chi connectivity index (χ2v) is 14.3. The number of carboxylic acids is 1. The van der Waals surface area contributed by atoms with Crippen LogP contribution >= 0.6 is 0 Å². The molecule has 24 nitrogen and oxygen atoms in total. The standard InChI is InChI=1S/C34H62N14O10/c1-17(2)15-22(32(57)58)46-28(53)19(7-4-12-41-33(37)38)43-27(52)20(8-5-13-42-34(39)40)45-31(56)26(18(3)49)47-29(54)21(10-11-24(36)50)44-30(55)23-9-6-14-48(23)25(51)16-35/h17-23,26,49H,4-16,35H2,1-3H3,(H2,36,50)(H,43,52)(H,44,55)(H,45,56)(H,46,53)(H,47,54)(H,57,58)(H4,37,38,41)(H4,39,40,42)/t18-,19+,20+,21+,22+,23+,26+/m1/s1. The number of hydrogen-bond donors (Lipinski definition) is 13. The Morgan fingerprint density at radius 2 is 1.19 bits per heavy atom. The van der Waals surface area contributed by atoms with E-state index in [0.717, 1.165) is 0 Å². The number of guanidine groups is 2. The van der Waals surface area contributed by atoms with E-state index in [-0.39, 0.29) is 95.4 Å². The molecule has 19 N–H and O–H groups in total. The Hall–Kier alpha value is -5.78. The Morgan fingerprint density at radius 3 is 1.64 bits per heavy atom. The highest BCUT2D eigenvalue weighted by Crippen LogP contribution is 2.18. The van der Waals surface area contributed by atoms with Gasteiger partial charge in [-0.2, -0.15) is 0 Å². The molecular weight excluding hydrogens is 764 g/mol. The van der Waals surface area contributed by atoms with Crippen LogP contribution in [-0.4, -0.2) is 143 Å². The number of rotatable bonds is 26. The minimum Gasteiger partial charge on any atom is -0.480 e. The fourth-order valence-electron chi connectivity index (χ4n) is 5.98. The normalized spacial score (nSPS) is 16.7. The summed E-state index contributed by atoms with van der Waals surface area (Å²) >= 11 is 0. The Balaban J connectivity index is 3.37. The van der Waals surface area contributed by atoms with Gasteiger partial charge in [-0.1, -0.05) is 13.8 Å². The van der Waals surface area contributed by atoms with Crippen molar-refractivity contribution in [2.75, 3.05) is 26.2 Å². The van der Waals surface area contributed by atoms with Gasteiger partial charge in [0.2, 0.25) is 41.4 Å². The molecule has 0 aliphatic carbocycles. The minimum absolute atomic E-state index is 0.0208. The van der Waals surface area contributed by atoms with Gasteiger partial charge in [0.1, 0.15) is 36.3 Å². The van der Waals surface area contributed by atoms with Crippen molar-refractivity contribution < 1.29 is 48.6 Å². The fraction of sp³-hybridized carbons (Fsp3) is 0.706. The van der Waals surface area contributed by atoms with E-state index in [1.54, 1.807) is 13.8 Å². The van der Waals surface area contributed by atoms with Crippen molar-refractivity contribution in [3.05, 3.63) is 0 Å². The second kappa shape index (κ2) is 25.5. The van der Waals surface area contributed by atoms with Crippen LogP contribution in [0.1, 0.15) is 78.6 Å². The van der Waals surface area contributed by atoms with Crippen molar-refractivity contribution in [2.45, 2.75) is 121 Å². The van der Waals surface area contributed by atoms with Crippen LogP contribution in [0.2, 0.25) is 0 Å². The number of aliphatic hydroxyl groups excluding tert-OH is 1. The molecule has 1 rings (SSSR count). The topological polar surface area (TPSA) is 421 Å². The Kier molecular flexibility index (Phi) is 22.1. The van der Waals surface area contributed by atoms with E-state index in [9.17, 15) is 48.6 Å². The summed E-state index contributed by atoms with van der Waals surface area (Å²) in [6.45, 7) is 4.72. The van der Waals surface area contributed by atoms with Crippen LogP contribution in [-0.2, 0) is 38.4 Å². The summed E-state index contributed by atoms with van der Waals surface area (Å²) in [5, 5.41) is 32.6. The summed E-state index contributed by atoms with van der Waals surface area (Å²) in [7, 11) is 0. The summed E-state index contributed by atoms with van der Waals surface area (Å²) in [6.07, 6.45) is -1.27. The molecule has 7 atom stereocenters. The number of carboxylic acid groups (broad SMARTS) is 1. The molecular formula is C34H62N14O10. The average molecular weight is 827 g/mol. The number of nitrogens with zero attached hydrogens (tertiary/aromatic N) is 3. The fourth-order valence-corrected chi connectivity index (χ4v) is 5.98. The van der Waals surface area contributed by atoms with Gasteiger partial charge in [0.25, 0.3) is 0 Å². The van der Waals surface area contributed by atoms with Gasteiger partial charge < -0.3 is 76.1 Å². The summed E-state index contributed by atoms with van der Waals surface area (Å²) < 4.78 is 0. The monoisotopic (exact) mass is 826 g/mol. The molecule has 1 aliphatic rings. The largest absolute Gasteiger partial charge is 0.480 e. The first-order valence-corrected chi connectivity index (χ1v) is 19.0. The van der Waals surface area contributed by atoms with Gasteiger partial charge in [-0.3, -0.25) is 43.5 Å². The number of carbonyl (C=O) groups excluding carboxylic acids is 7. The van der Waals surface area contributed by atoms with Crippen molar-refractivity contribution in [1.82, 2.24) is 31.5 Å². The molecule has 1 saturated heterocycles. The van der Waals surface area contributed by atoms with E-state index in [0.29, 0.717) is 6.42 Å². The smallest absolute Gasteiger partial charge is 0.326 e. The predicted molar refractivity (Wildman–Crippen MR) is 210 cm³/mol. The first-order valence-electron chi connectivity index (χ1n) is 19.0. The molecule has 0 aromatic heterocycles. The van der Waals surface area contributed by atoms with Gasteiger partial charge >= 0.3 is 5.97 Å². The van der Waals surface area contributed by atoms with Crippen molar-refractivity contribution in [1.29, 1.82) is 0 Å². The van der Waals surface area contributed by atoms with Gasteiger partial charge in [-0.25, -0.2) is 4.79 Å². The SMILES string of the molecule is CC(C)C[C@H](NC(=O)[C@H](CCCN=C(N)N)NC(=O)[C@H](CCCN=C(N)N)NC(=O)[C@@H](NC(=O)[C@H](CCC(N)=O)NC(=O)[C@@H]1CCCN1C(=O)CN)[C@@H](C)O)C(=O)O. The first kappa shape index (κ1) is 50.2. The quantitative estimate of drug-likeness (QED) is 0.0220. The maximum absolute atomic E-state index is 13.8. The molecule has 1 heterocycles. The van der Waals surface area contributed by atoms with E-state index in [2.05, 4.69) is 36.6 Å². The minimum atomic E-state index is -1.73. The van der Waals surface area contributed by atoms with Crippen LogP contribution in [0.15, 0.2) is 9.98 Å². The van der Waals surface area contributed by atoms with Gasteiger partial charge in [0.15, 0.2) is 11.9 Å². The van der Waals surface area contributed by atoms with E-state index >= 15 is 0 Å². The third-order valence-electron chi connectivity index (χ3n) is 8.90. The Morgan fingerprint density at radius 1 is 0.707 bits per heavy atom. The molecule has 24 heteroatoms. The zero-order valence-electron chi connectivity index (χ0n) is 33.3. The third kappa shape index (κ3) is 18.4. The van der Waals surface area contributed by atoms with E-state index < -0.39 is 89.7 Å². The highest BCUT2D eigenvalue weighted by molar-refractivity contribution is 5.97. The molecule has 0 aromatic carbocycles. The van der Waals surface area contributed by atoms with Crippen molar-refractivity contribution in [3.8, 4) is 0 Å². The molecule has 58 heavy (non-hydrogen) atoms. The van der Waals surface area contributed by atoms with Crippen molar-refractivity contribution >= 4 is 59.2 Å². The summed E-state index contributed by atoms with van der Waals surface area (Å²) in [6, 6.07) is -8.18. The van der Waals surface area contributed by atoms with E-state index in [4.69, 9.17) is 34.4 Å². The van der Waals surface area contributed by atoms with Gasteiger partial charge in [0, 0.05) is 26.1 Å². The molecule has 328 valence electrons. The molecule has 0 radical (unpaired) electrons. The number of amides is 7. The number of primary amides is 1. The van der Waals surface area contributed by atoms with Crippen LogP contribution in [0.4, 0.5) is 0 Å². The highest BCUT2D eigenvalue weighted by atomic mass is 16.4. The highest BCUT2D eigenvalue weighted by Gasteiger charge is 2.37. The molecule has 0 aromatic rings. The van der Waals surface area contributed by atoms with Gasteiger partial charge in [-0.05, 0) is 64.2 Å². The first-order chi connectivity index (χ1) is 27.2. The van der Waals surface area contributed by atoms with Gasteiger partial charge in [-0.15, -0.1) is 0 Å². The van der Waals surface area contributed by atoms with E-state index in [1.807, 2.05) is 0 Å². The number of hydrogen-bond acceptors (Lipinski definition) is 12. The molecule has 0 unspecified atom stereocenters. The summed E-state index contributed by atoms with van der Waals surface area (Å²) in [4.78, 5) is 113. The second-order valence-electron chi connectivity index (χ2n) is 14.3. The van der Waals surface area contributed by atoms with Crippen molar-refractivity contribution in [2.24, 2.45) is 50.3 Å². The summed E-state index contributed by atoms with van der Waals surface area (Å²) in [5.41, 5.74) is 32.4. The third-order valence-corrected chi connectivity index (χ3v) is 8.90. The number of aliphatic imine (C=N–C) groups is 2. The van der Waals surface area contributed by atoms with Crippen molar-refractivity contribution in [3.63, 3.8) is 0 Å². The molecule has 1 fully saturated rings. The lowest BCUT2D eigenvalue weighted by molar-refractivity contribution is -0.143.